The molecule has 13 heavy (non-hydrogen) atoms. The van der Waals surface area contributed by atoms with Gasteiger partial charge in [-0.25, -0.2) is 0 Å². The van der Waals surface area contributed by atoms with Crippen LogP contribution in [0.25, 0.3) is 0 Å². The first-order chi connectivity index (χ1) is 6.27. The van der Waals surface area contributed by atoms with Crippen molar-refractivity contribution >= 4 is 6.29 Å². The minimum atomic E-state index is 0.630. The third kappa shape index (κ3) is 2.72. The van der Waals surface area contributed by atoms with E-state index in [1.54, 1.807) is 0 Å². The van der Waals surface area contributed by atoms with Crippen LogP contribution in [0.15, 0.2) is 23.4 Å². The predicted octanol–water partition coefficient (Wildman–Crippen LogP) is 2.13. The monoisotopic (exact) mass is 179 g/mol. The van der Waals surface area contributed by atoms with Crippen molar-refractivity contribution in [2.24, 2.45) is 0 Å². The normalized spacial score (nSPS) is 16.6. The average Bonchev–Trinajstić information content (AvgIpc) is 2.16. The summed E-state index contributed by atoms with van der Waals surface area (Å²) in [5.74, 6) is 0. The zero-order valence-electron chi connectivity index (χ0n) is 8.42. The van der Waals surface area contributed by atoms with E-state index in [1.165, 1.54) is 11.3 Å². The maximum Gasteiger partial charge on any atom is 0.120 e. The lowest BCUT2D eigenvalue weighted by molar-refractivity contribution is -0.107. The van der Waals surface area contributed by atoms with E-state index in [4.69, 9.17) is 0 Å². The molecule has 0 spiro atoms. The lowest BCUT2D eigenvalue weighted by atomic mass is 10.1. The van der Waals surface area contributed by atoms with Crippen LogP contribution in [-0.2, 0) is 4.79 Å². The molecular weight excluding hydrogens is 162 g/mol. The molecule has 0 fully saturated rings. The number of aldehydes is 1. The molecular formula is C11H17NO. The highest BCUT2D eigenvalue weighted by molar-refractivity contribution is 5.50. The molecule has 0 atom stereocenters. The Balaban J connectivity index is 2.58. The van der Waals surface area contributed by atoms with Gasteiger partial charge in [0.2, 0.25) is 0 Å². The highest BCUT2D eigenvalue weighted by Crippen LogP contribution is 2.18. The fraction of sp³-hybridized carbons (Fsp3) is 0.545. The quantitative estimate of drug-likeness (QED) is 0.616. The molecule has 0 unspecified atom stereocenters. The van der Waals surface area contributed by atoms with Gasteiger partial charge in [-0.2, -0.15) is 0 Å². The van der Waals surface area contributed by atoms with E-state index >= 15 is 0 Å². The van der Waals surface area contributed by atoms with Crippen LogP contribution in [0.2, 0.25) is 0 Å². The van der Waals surface area contributed by atoms with Gasteiger partial charge in [0.1, 0.15) is 6.29 Å². The van der Waals surface area contributed by atoms with Crippen LogP contribution in [0, 0.1) is 0 Å². The number of hydrogen-bond donors (Lipinski definition) is 0. The van der Waals surface area contributed by atoms with Crippen LogP contribution in [0.5, 0.6) is 0 Å². The van der Waals surface area contributed by atoms with Gasteiger partial charge in [-0.1, -0.05) is 18.6 Å². The number of rotatable bonds is 4. The molecule has 1 aliphatic heterocycles. The van der Waals surface area contributed by atoms with E-state index in [2.05, 4.69) is 31.0 Å². The average molecular weight is 179 g/mol. The topological polar surface area (TPSA) is 20.3 Å². The molecule has 0 bridgehead atoms. The Labute approximate surface area is 79.9 Å². The molecule has 0 amide bonds. The Morgan fingerprint density at radius 2 is 2.31 bits per heavy atom. The number of allylic oxidation sites excluding steroid dienone is 3. The van der Waals surface area contributed by atoms with Crippen molar-refractivity contribution in [3.05, 3.63) is 23.4 Å². The van der Waals surface area contributed by atoms with Crippen LogP contribution >= 0.6 is 0 Å². The predicted molar refractivity (Wildman–Crippen MR) is 54.4 cm³/mol. The summed E-state index contributed by atoms with van der Waals surface area (Å²) < 4.78 is 0. The standard InChI is InChI=1S/C11H17NO/c1-3-10-6-7-11(5-4-8-13)12(2)9-10/h6-8H,3-5,9H2,1-2H3. The molecule has 72 valence electrons. The maximum absolute atomic E-state index is 10.2. The second kappa shape index (κ2) is 4.85. The molecule has 0 saturated heterocycles. The molecule has 0 aliphatic carbocycles. The van der Waals surface area contributed by atoms with Gasteiger partial charge in [0.25, 0.3) is 0 Å². The van der Waals surface area contributed by atoms with Gasteiger partial charge in [-0.05, 0) is 18.9 Å². The van der Waals surface area contributed by atoms with E-state index in [1.807, 2.05) is 0 Å². The van der Waals surface area contributed by atoms with Gasteiger partial charge in [-0.15, -0.1) is 0 Å². The van der Waals surface area contributed by atoms with Gasteiger partial charge in [0.15, 0.2) is 0 Å². The fourth-order valence-corrected chi connectivity index (χ4v) is 1.51. The summed E-state index contributed by atoms with van der Waals surface area (Å²) in [6, 6.07) is 0. The van der Waals surface area contributed by atoms with Crippen molar-refractivity contribution in [1.29, 1.82) is 0 Å². The second-order valence-corrected chi connectivity index (χ2v) is 3.40. The highest BCUT2D eigenvalue weighted by atomic mass is 16.1. The van der Waals surface area contributed by atoms with Gasteiger partial charge in [-0.3, -0.25) is 0 Å². The Morgan fingerprint density at radius 1 is 1.54 bits per heavy atom. The van der Waals surface area contributed by atoms with Crippen LogP contribution in [0.3, 0.4) is 0 Å². The number of carbonyl (C=O) groups is 1. The van der Waals surface area contributed by atoms with E-state index < -0.39 is 0 Å². The highest BCUT2D eigenvalue weighted by Gasteiger charge is 2.09. The van der Waals surface area contributed by atoms with Crippen molar-refractivity contribution in [3.63, 3.8) is 0 Å². The summed E-state index contributed by atoms with van der Waals surface area (Å²) >= 11 is 0. The third-order valence-electron chi connectivity index (χ3n) is 2.41. The SMILES string of the molecule is CCC1=CC=C(CCC=O)N(C)C1. The molecule has 0 saturated carbocycles. The van der Waals surface area contributed by atoms with E-state index in [0.717, 1.165) is 25.7 Å². The fourth-order valence-electron chi connectivity index (χ4n) is 1.51. The van der Waals surface area contributed by atoms with E-state index in [9.17, 15) is 4.79 Å². The number of hydrogen-bond acceptors (Lipinski definition) is 2. The van der Waals surface area contributed by atoms with Crippen LogP contribution in [0.4, 0.5) is 0 Å². The van der Waals surface area contributed by atoms with E-state index in [-0.39, 0.29) is 0 Å². The minimum Gasteiger partial charge on any atom is -0.374 e. The number of likely N-dealkylation sites (N-methyl/N-ethyl adjacent to an activating group) is 1. The number of carbonyl (C=O) groups excluding carboxylic acids is 1. The van der Waals surface area contributed by atoms with Crippen molar-refractivity contribution < 1.29 is 4.79 Å². The summed E-state index contributed by atoms with van der Waals surface area (Å²) in [4.78, 5) is 12.4. The first-order valence-electron chi connectivity index (χ1n) is 4.81. The van der Waals surface area contributed by atoms with Crippen LogP contribution in [0.1, 0.15) is 26.2 Å². The van der Waals surface area contributed by atoms with Gasteiger partial charge < -0.3 is 9.69 Å². The molecule has 1 heterocycles. The van der Waals surface area contributed by atoms with Crippen molar-refractivity contribution in [2.45, 2.75) is 26.2 Å². The summed E-state index contributed by atoms with van der Waals surface area (Å²) in [5.41, 5.74) is 2.72. The third-order valence-corrected chi connectivity index (χ3v) is 2.41. The number of nitrogens with zero attached hydrogens (tertiary/aromatic N) is 1. The lowest BCUT2D eigenvalue weighted by Crippen LogP contribution is -2.23. The Kier molecular flexibility index (Phi) is 3.74. The van der Waals surface area contributed by atoms with E-state index in [0.29, 0.717) is 6.42 Å². The zero-order valence-corrected chi connectivity index (χ0v) is 8.42. The summed E-state index contributed by atoms with van der Waals surface area (Å²) in [5, 5.41) is 0. The molecule has 0 aromatic rings. The minimum absolute atomic E-state index is 0.630. The smallest absolute Gasteiger partial charge is 0.120 e. The van der Waals surface area contributed by atoms with Crippen molar-refractivity contribution in [1.82, 2.24) is 4.90 Å². The second-order valence-electron chi connectivity index (χ2n) is 3.40. The summed E-state index contributed by atoms with van der Waals surface area (Å²) in [6.07, 6.45) is 7.90. The molecule has 2 nitrogen and oxygen atoms in total. The molecule has 1 rings (SSSR count). The van der Waals surface area contributed by atoms with Crippen molar-refractivity contribution in [2.75, 3.05) is 13.6 Å². The van der Waals surface area contributed by atoms with Gasteiger partial charge in [0.05, 0.1) is 0 Å². The van der Waals surface area contributed by atoms with Crippen molar-refractivity contribution in [3.8, 4) is 0 Å². The Hall–Kier alpha value is -1.05. The lowest BCUT2D eigenvalue weighted by Gasteiger charge is -2.26. The molecule has 2 heteroatoms. The van der Waals surface area contributed by atoms with Crippen LogP contribution in [-0.4, -0.2) is 24.8 Å². The molecule has 0 aromatic heterocycles. The van der Waals surface area contributed by atoms with Gasteiger partial charge in [0, 0.05) is 25.7 Å². The Bertz CT molecular complexity index is 240. The van der Waals surface area contributed by atoms with Gasteiger partial charge >= 0.3 is 0 Å². The first kappa shape index (κ1) is 10.0. The molecule has 0 aromatic carbocycles. The largest absolute Gasteiger partial charge is 0.374 e. The first-order valence-corrected chi connectivity index (χ1v) is 4.81. The molecule has 0 N–H and O–H groups in total. The Morgan fingerprint density at radius 3 is 2.85 bits per heavy atom. The van der Waals surface area contributed by atoms with Crippen LogP contribution < -0.4 is 0 Å². The maximum atomic E-state index is 10.2. The summed E-state index contributed by atoms with van der Waals surface area (Å²) in [7, 11) is 2.08. The summed E-state index contributed by atoms with van der Waals surface area (Å²) in [6.45, 7) is 3.19. The molecule has 1 aliphatic rings. The zero-order chi connectivity index (χ0) is 9.68. The molecule has 0 radical (unpaired) electrons.